The number of aromatic nitrogens is 3. The number of ether oxygens (including phenoxy) is 3. The van der Waals surface area contributed by atoms with Gasteiger partial charge in [0.15, 0.2) is 0 Å². The minimum Gasteiger partial charge on any atom is -0.486 e. The lowest BCUT2D eigenvalue weighted by Crippen LogP contribution is -2.36. The molecule has 2 N–H and O–H groups in total. The highest BCUT2D eigenvalue weighted by atomic mass is 32.2. The van der Waals surface area contributed by atoms with Crippen molar-refractivity contribution in [3.8, 4) is 5.75 Å². The van der Waals surface area contributed by atoms with Gasteiger partial charge in [0.1, 0.15) is 41.6 Å². The number of methoxy groups -OCH3 is 1. The summed E-state index contributed by atoms with van der Waals surface area (Å²) in [5, 5.41) is 0.646. The van der Waals surface area contributed by atoms with Crippen LogP contribution in [0.25, 0.3) is 21.9 Å². The monoisotopic (exact) mass is 684 g/mol. The topological polar surface area (TPSA) is 168 Å². The third-order valence-corrected chi connectivity index (χ3v) is 10.3. The summed E-state index contributed by atoms with van der Waals surface area (Å²) in [6.07, 6.45) is 5.65. The minimum atomic E-state index is -4.26. The zero-order valence-corrected chi connectivity index (χ0v) is 27.9. The van der Waals surface area contributed by atoms with Crippen LogP contribution in [0.5, 0.6) is 5.75 Å². The fraction of sp³-hybridized carbons (Fsp3) is 0.286. The summed E-state index contributed by atoms with van der Waals surface area (Å²) < 4.78 is 47.2. The number of imidazole rings is 1. The van der Waals surface area contributed by atoms with Crippen molar-refractivity contribution in [1.82, 2.24) is 14.5 Å². The maximum atomic E-state index is 14.1. The second-order valence-corrected chi connectivity index (χ2v) is 13.5. The smallest absolute Gasteiger partial charge is 0.435 e. The largest absolute Gasteiger partial charge is 0.486 e. The van der Waals surface area contributed by atoms with Gasteiger partial charge >= 0.3 is 12.1 Å². The Morgan fingerprint density at radius 2 is 1.78 bits per heavy atom. The fourth-order valence-corrected chi connectivity index (χ4v) is 7.38. The first kappa shape index (κ1) is 33.4. The van der Waals surface area contributed by atoms with Gasteiger partial charge < -0.3 is 24.5 Å². The molecule has 14 heteroatoms. The number of rotatable bonds is 10. The molecule has 0 aliphatic heterocycles. The summed E-state index contributed by atoms with van der Waals surface area (Å²) in [7, 11) is -1.24. The van der Waals surface area contributed by atoms with Crippen molar-refractivity contribution in [2.24, 2.45) is 17.8 Å². The van der Waals surface area contributed by atoms with Crippen LogP contribution in [0.3, 0.4) is 0 Å². The first-order valence-corrected chi connectivity index (χ1v) is 17.2. The van der Waals surface area contributed by atoms with E-state index in [0.29, 0.717) is 33.6 Å². The van der Waals surface area contributed by atoms with E-state index in [0.717, 1.165) is 41.9 Å². The predicted molar refractivity (Wildman–Crippen MR) is 184 cm³/mol. The minimum absolute atomic E-state index is 0.0388. The lowest BCUT2D eigenvalue weighted by Gasteiger charge is -2.24. The van der Waals surface area contributed by atoms with Crippen LogP contribution in [0.1, 0.15) is 43.5 Å². The van der Waals surface area contributed by atoms with Gasteiger partial charge in [-0.1, -0.05) is 24.6 Å². The third-order valence-electron chi connectivity index (χ3n) is 8.46. The Balaban J connectivity index is 1.19. The van der Waals surface area contributed by atoms with Crippen LogP contribution in [-0.4, -0.2) is 60.6 Å². The summed E-state index contributed by atoms with van der Waals surface area (Å²) >= 11 is 0. The number of carbonyl (C=O) groups is 2. The Morgan fingerprint density at radius 1 is 1.02 bits per heavy atom. The van der Waals surface area contributed by atoms with Gasteiger partial charge in [-0.25, -0.2) is 18.2 Å². The molecule has 3 aromatic carbocycles. The zero-order valence-electron chi connectivity index (χ0n) is 27.1. The summed E-state index contributed by atoms with van der Waals surface area (Å²) in [5.41, 5.74) is 8.35. The van der Waals surface area contributed by atoms with Crippen molar-refractivity contribution >= 4 is 55.5 Å². The van der Waals surface area contributed by atoms with E-state index >= 15 is 0 Å². The third kappa shape index (κ3) is 7.33. The summed E-state index contributed by atoms with van der Waals surface area (Å²) in [4.78, 5) is 37.5. The number of hydrogen-bond donors (Lipinski definition) is 1. The normalized spacial score (nSPS) is 14.1. The van der Waals surface area contributed by atoms with Crippen LogP contribution < -0.4 is 14.8 Å². The molecule has 1 amide bonds. The number of aliphatic imine (C=N–C) groups is 1. The number of esters is 1. The number of amidine groups is 1. The van der Waals surface area contributed by atoms with Crippen LogP contribution in [-0.2, 0) is 37.9 Å². The van der Waals surface area contributed by atoms with E-state index in [-0.39, 0.29) is 29.1 Å². The molecule has 0 bridgehead atoms. The average molecular weight is 685 g/mol. The molecule has 1 aliphatic rings. The van der Waals surface area contributed by atoms with Crippen molar-refractivity contribution in [3.05, 3.63) is 90.4 Å². The summed E-state index contributed by atoms with van der Waals surface area (Å²) in [6, 6.07) is 20.1. The van der Waals surface area contributed by atoms with E-state index in [1.165, 1.54) is 19.4 Å². The van der Waals surface area contributed by atoms with E-state index in [1.54, 1.807) is 66.7 Å². The highest BCUT2D eigenvalue weighted by Crippen LogP contribution is 2.31. The fourth-order valence-electron chi connectivity index (χ4n) is 5.81. The number of carbonyl (C=O) groups excluding carboxylic acids is 2. The van der Waals surface area contributed by atoms with Gasteiger partial charge in [0.05, 0.1) is 29.3 Å². The molecule has 0 spiro atoms. The molecule has 2 heterocycles. The molecule has 0 unspecified atom stereocenters. The number of anilines is 1. The van der Waals surface area contributed by atoms with E-state index in [9.17, 15) is 18.0 Å². The summed E-state index contributed by atoms with van der Waals surface area (Å²) in [6.45, 7) is -0.452. The van der Waals surface area contributed by atoms with Gasteiger partial charge in [-0.2, -0.15) is 4.99 Å². The molecule has 254 valence electrons. The van der Waals surface area contributed by atoms with Crippen LogP contribution >= 0.6 is 0 Å². The number of hydrogen-bond acceptors (Lipinski definition) is 9. The van der Waals surface area contributed by atoms with Crippen LogP contribution in [0.2, 0.25) is 0 Å². The second-order valence-electron chi connectivity index (χ2n) is 11.6. The highest BCUT2D eigenvalue weighted by Gasteiger charge is 2.30. The quantitative estimate of drug-likeness (QED) is 0.117. The summed E-state index contributed by atoms with van der Waals surface area (Å²) in [5.74, 6) is 0.431. The molecule has 5 aromatic rings. The average Bonchev–Trinajstić information content (AvgIpc) is 3.43. The van der Waals surface area contributed by atoms with Gasteiger partial charge in [-0.05, 0) is 80.3 Å². The number of pyridine rings is 1. The van der Waals surface area contributed by atoms with E-state index in [1.807, 2.05) is 11.6 Å². The van der Waals surface area contributed by atoms with Crippen molar-refractivity contribution in [2.75, 3.05) is 18.0 Å². The Labute approximate surface area is 283 Å². The molecule has 0 saturated heterocycles. The first-order valence-electron chi connectivity index (χ1n) is 15.8. The molecular weight excluding hydrogens is 648 g/mol. The van der Waals surface area contributed by atoms with Gasteiger partial charge in [-0.3, -0.25) is 14.1 Å². The molecule has 1 aliphatic carbocycles. The van der Waals surface area contributed by atoms with Gasteiger partial charge in [0, 0.05) is 24.2 Å². The van der Waals surface area contributed by atoms with E-state index in [4.69, 9.17) is 24.9 Å². The molecule has 49 heavy (non-hydrogen) atoms. The Bertz CT molecular complexity index is 2140. The number of amides is 1. The predicted octanol–water partition coefficient (Wildman–Crippen LogP) is 5.24. The van der Waals surface area contributed by atoms with Crippen molar-refractivity contribution in [2.45, 2.75) is 49.7 Å². The molecule has 1 fully saturated rings. The first-order chi connectivity index (χ1) is 23.6. The number of nitrogens with two attached hydrogens (primary N) is 1. The lowest BCUT2D eigenvalue weighted by molar-refractivity contribution is -0.138. The second kappa shape index (κ2) is 14.3. The van der Waals surface area contributed by atoms with Gasteiger partial charge in [-0.15, -0.1) is 0 Å². The maximum absolute atomic E-state index is 14.1. The van der Waals surface area contributed by atoms with Crippen LogP contribution in [0, 0.1) is 0 Å². The standard InChI is InChI=1S/C35H36N6O7S/c1-40-29-18-15-25(41(21-32(42)46-2)49(44,45)30-12-6-8-23-9-7-19-37-33(23)30)20-28(29)38-31(40)22-47-26-16-13-24(14-17-26)34(36)39-35(43)48-27-10-4-3-5-11-27/h6-9,12-20,27H,3-5,10-11,21-22H2,1-2H3,(H2,36,39,43). The number of fused-ring (bicyclic) bond motifs is 2. The number of aryl methyl sites for hydroxylation is 1. The zero-order chi connectivity index (χ0) is 34.5. The highest BCUT2D eigenvalue weighted by molar-refractivity contribution is 7.93. The Hall–Kier alpha value is -5.50. The molecular formula is C35H36N6O7S. The van der Waals surface area contributed by atoms with Gasteiger partial charge in [0.2, 0.25) is 0 Å². The number of sulfonamides is 1. The number of benzene rings is 3. The van der Waals surface area contributed by atoms with Crippen molar-refractivity contribution < 1.29 is 32.2 Å². The number of nitrogens with zero attached hydrogens (tertiary/aromatic N) is 5. The molecule has 2 aromatic heterocycles. The van der Waals surface area contributed by atoms with Gasteiger partial charge in [0.25, 0.3) is 10.0 Å². The van der Waals surface area contributed by atoms with Crippen LogP contribution in [0.15, 0.2) is 88.9 Å². The molecule has 0 radical (unpaired) electrons. The SMILES string of the molecule is COC(=O)CN(c1ccc2c(c1)nc(COc1ccc(C(N)=NC(=O)OC3CCCCC3)cc1)n2C)S(=O)(=O)c1cccc2cccnc12. The number of para-hydroxylation sites is 1. The van der Waals surface area contributed by atoms with Crippen molar-refractivity contribution in [3.63, 3.8) is 0 Å². The molecule has 6 rings (SSSR count). The Morgan fingerprint density at radius 3 is 2.53 bits per heavy atom. The van der Waals surface area contributed by atoms with Crippen molar-refractivity contribution in [1.29, 1.82) is 0 Å². The molecule has 13 nitrogen and oxygen atoms in total. The Kier molecular flexibility index (Phi) is 9.76. The van der Waals surface area contributed by atoms with Crippen LogP contribution in [0.4, 0.5) is 10.5 Å². The lowest BCUT2D eigenvalue weighted by atomic mass is 9.98. The maximum Gasteiger partial charge on any atom is 0.435 e. The molecule has 1 saturated carbocycles. The van der Waals surface area contributed by atoms with E-state index < -0.39 is 28.6 Å². The molecule has 0 atom stereocenters. The van der Waals surface area contributed by atoms with E-state index in [2.05, 4.69) is 9.98 Å².